The van der Waals surface area contributed by atoms with Crippen molar-refractivity contribution < 1.29 is 28.6 Å². The maximum absolute atomic E-state index is 12.2. The fraction of sp³-hybridized carbons (Fsp3) is 0.211. The summed E-state index contributed by atoms with van der Waals surface area (Å²) in [5, 5.41) is 2.63. The molecule has 1 aliphatic rings. The van der Waals surface area contributed by atoms with Gasteiger partial charge in [0.05, 0.1) is 5.56 Å². The van der Waals surface area contributed by atoms with Crippen molar-refractivity contribution in [3.8, 4) is 11.5 Å². The highest BCUT2D eigenvalue weighted by Gasteiger charge is 2.21. The van der Waals surface area contributed by atoms with Crippen LogP contribution in [0.4, 0.5) is 5.69 Å². The van der Waals surface area contributed by atoms with Crippen LogP contribution in [0.25, 0.3) is 0 Å². The van der Waals surface area contributed by atoms with E-state index in [1.54, 1.807) is 36.4 Å². The van der Waals surface area contributed by atoms with E-state index in [0.29, 0.717) is 22.7 Å². The van der Waals surface area contributed by atoms with Crippen LogP contribution in [0.3, 0.4) is 0 Å². The first kappa shape index (κ1) is 17.5. The van der Waals surface area contributed by atoms with E-state index in [4.69, 9.17) is 14.2 Å². The predicted octanol–water partition coefficient (Wildman–Crippen LogP) is 2.80. The highest BCUT2D eigenvalue weighted by atomic mass is 16.7. The van der Waals surface area contributed by atoms with Gasteiger partial charge in [0.1, 0.15) is 0 Å². The van der Waals surface area contributed by atoms with Gasteiger partial charge < -0.3 is 19.5 Å². The van der Waals surface area contributed by atoms with Crippen LogP contribution >= 0.6 is 0 Å². The number of rotatable bonds is 5. The zero-order valence-electron chi connectivity index (χ0n) is 14.3. The molecule has 0 aromatic heterocycles. The van der Waals surface area contributed by atoms with Gasteiger partial charge in [0.25, 0.3) is 5.91 Å². The molecule has 0 spiro atoms. The van der Waals surface area contributed by atoms with Crippen LogP contribution in [0.15, 0.2) is 42.5 Å². The summed E-state index contributed by atoms with van der Waals surface area (Å²) in [5.74, 6) is -0.162. The number of carbonyl (C=O) groups is 3. The van der Waals surface area contributed by atoms with E-state index in [2.05, 4.69) is 5.32 Å². The Kier molecular flexibility index (Phi) is 4.88. The number of benzene rings is 2. The van der Waals surface area contributed by atoms with Crippen molar-refractivity contribution in [2.75, 3.05) is 12.1 Å². The van der Waals surface area contributed by atoms with Gasteiger partial charge in [-0.2, -0.15) is 0 Å². The summed E-state index contributed by atoms with van der Waals surface area (Å²) in [7, 11) is 0. The quantitative estimate of drug-likeness (QED) is 0.655. The van der Waals surface area contributed by atoms with Crippen molar-refractivity contribution in [3.63, 3.8) is 0 Å². The Labute approximate surface area is 149 Å². The second-order valence-corrected chi connectivity index (χ2v) is 5.74. The highest BCUT2D eigenvalue weighted by Crippen LogP contribution is 2.32. The van der Waals surface area contributed by atoms with E-state index in [9.17, 15) is 14.4 Å². The molecule has 1 amide bonds. The molecule has 0 aliphatic carbocycles. The first-order valence-corrected chi connectivity index (χ1v) is 7.96. The number of nitrogens with one attached hydrogen (secondary N) is 1. The first-order chi connectivity index (χ1) is 12.4. The largest absolute Gasteiger partial charge is 0.454 e. The Morgan fingerprint density at radius 1 is 1.00 bits per heavy atom. The lowest BCUT2D eigenvalue weighted by Gasteiger charge is -2.14. The fourth-order valence-corrected chi connectivity index (χ4v) is 2.34. The van der Waals surface area contributed by atoms with Crippen LogP contribution in [-0.2, 0) is 9.53 Å². The average Bonchev–Trinajstić information content (AvgIpc) is 3.09. The molecule has 7 nitrogen and oxygen atoms in total. The molecular weight excluding hydrogens is 338 g/mol. The van der Waals surface area contributed by atoms with Crippen LogP contribution < -0.4 is 14.8 Å². The standard InChI is InChI=1S/C19H17NO6/c1-11(21)13-3-6-15(7-4-13)20-18(22)12(2)26-19(23)14-5-8-16-17(9-14)25-10-24-16/h3-9,12H,10H2,1-2H3,(H,20,22)/t12-/m0/s1. The van der Waals surface area contributed by atoms with Gasteiger partial charge in [-0.1, -0.05) is 0 Å². The van der Waals surface area contributed by atoms with Gasteiger partial charge in [-0.05, 0) is 56.3 Å². The smallest absolute Gasteiger partial charge is 0.339 e. The van der Waals surface area contributed by atoms with Crippen molar-refractivity contribution in [3.05, 3.63) is 53.6 Å². The zero-order chi connectivity index (χ0) is 18.7. The molecule has 1 heterocycles. The molecule has 2 aromatic rings. The zero-order valence-corrected chi connectivity index (χ0v) is 14.3. The number of esters is 1. The molecule has 3 rings (SSSR count). The van der Waals surface area contributed by atoms with Gasteiger partial charge in [-0.25, -0.2) is 4.79 Å². The maximum Gasteiger partial charge on any atom is 0.339 e. The van der Waals surface area contributed by atoms with Crippen LogP contribution in [-0.4, -0.2) is 30.6 Å². The number of carbonyl (C=O) groups excluding carboxylic acids is 3. The molecule has 7 heteroatoms. The summed E-state index contributed by atoms with van der Waals surface area (Å²) in [5.41, 5.74) is 1.32. The minimum absolute atomic E-state index is 0.0612. The van der Waals surface area contributed by atoms with Crippen LogP contribution in [0.2, 0.25) is 0 Å². The number of fused-ring (bicyclic) bond motifs is 1. The molecule has 0 fully saturated rings. The maximum atomic E-state index is 12.2. The van der Waals surface area contributed by atoms with E-state index >= 15 is 0 Å². The van der Waals surface area contributed by atoms with Crippen LogP contribution in [0.1, 0.15) is 34.6 Å². The molecule has 0 unspecified atom stereocenters. The minimum atomic E-state index is -1.000. The summed E-state index contributed by atoms with van der Waals surface area (Å²) in [6.45, 7) is 3.05. The second-order valence-electron chi connectivity index (χ2n) is 5.74. The third kappa shape index (κ3) is 3.83. The summed E-state index contributed by atoms with van der Waals surface area (Å²) in [6, 6.07) is 11.1. The Balaban J connectivity index is 1.60. The minimum Gasteiger partial charge on any atom is -0.454 e. The predicted molar refractivity (Wildman–Crippen MR) is 92.5 cm³/mol. The molecule has 0 saturated carbocycles. The lowest BCUT2D eigenvalue weighted by molar-refractivity contribution is -0.123. The van der Waals surface area contributed by atoms with Gasteiger partial charge in [0.2, 0.25) is 6.79 Å². The topological polar surface area (TPSA) is 90.9 Å². The van der Waals surface area contributed by atoms with E-state index in [1.807, 2.05) is 0 Å². The van der Waals surface area contributed by atoms with E-state index in [1.165, 1.54) is 19.9 Å². The van der Waals surface area contributed by atoms with E-state index < -0.39 is 18.0 Å². The number of anilines is 1. The molecule has 0 bridgehead atoms. The van der Waals surface area contributed by atoms with Gasteiger partial charge in [-0.15, -0.1) is 0 Å². The van der Waals surface area contributed by atoms with Crippen molar-refractivity contribution in [1.29, 1.82) is 0 Å². The summed E-state index contributed by atoms with van der Waals surface area (Å²) >= 11 is 0. The van der Waals surface area contributed by atoms with Crippen molar-refractivity contribution >= 4 is 23.3 Å². The molecule has 26 heavy (non-hydrogen) atoms. The van der Waals surface area contributed by atoms with Gasteiger partial charge in [0.15, 0.2) is 23.4 Å². The molecule has 2 aromatic carbocycles. The fourth-order valence-electron chi connectivity index (χ4n) is 2.34. The Morgan fingerprint density at radius 2 is 1.65 bits per heavy atom. The van der Waals surface area contributed by atoms with Crippen LogP contribution in [0, 0.1) is 0 Å². The Morgan fingerprint density at radius 3 is 2.35 bits per heavy atom. The van der Waals surface area contributed by atoms with Crippen molar-refractivity contribution in [1.82, 2.24) is 0 Å². The number of Topliss-reactive ketones (excluding diaryl/α,β-unsaturated/α-hetero) is 1. The van der Waals surface area contributed by atoms with Crippen LogP contribution in [0.5, 0.6) is 11.5 Å². The normalized spacial score (nSPS) is 13.0. The molecule has 1 N–H and O–H groups in total. The third-order valence-electron chi connectivity index (χ3n) is 3.82. The number of hydrogen-bond acceptors (Lipinski definition) is 6. The Hall–Kier alpha value is -3.35. The van der Waals surface area contributed by atoms with Gasteiger partial charge in [-0.3, -0.25) is 9.59 Å². The lowest BCUT2D eigenvalue weighted by atomic mass is 10.1. The van der Waals surface area contributed by atoms with Gasteiger partial charge in [0, 0.05) is 11.3 Å². The molecule has 134 valence electrons. The molecule has 1 atom stereocenters. The first-order valence-electron chi connectivity index (χ1n) is 7.96. The summed E-state index contributed by atoms with van der Waals surface area (Å²) in [4.78, 5) is 35.6. The number of ketones is 1. The summed E-state index contributed by atoms with van der Waals surface area (Å²) < 4.78 is 15.6. The van der Waals surface area contributed by atoms with Gasteiger partial charge >= 0.3 is 5.97 Å². The lowest BCUT2D eigenvalue weighted by Crippen LogP contribution is -2.30. The van der Waals surface area contributed by atoms with Crippen molar-refractivity contribution in [2.24, 2.45) is 0 Å². The molecule has 0 saturated heterocycles. The van der Waals surface area contributed by atoms with E-state index in [0.717, 1.165) is 0 Å². The second kappa shape index (κ2) is 7.26. The summed E-state index contributed by atoms with van der Waals surface area (Å²) in [6.07, 6.45) is -1.000. The number of ether oxygens (including phenoxy) is 3. The van der Waals surface area contributed by atoms with Crippen molar-refractivity contribution in [2.45, 2.75) is 20.0 Å². The SMILES string of the molecule is CC(=O)c1ccc(NC(=O)[C@H](C)OC(=O)c2ccc3c(c2)OCO3)cc1. The third-order valence-corrected chi connectivity index (χ3v) is 3.82. The molecular formula is C19H17NO6. The Bertz CT molecular complexity index is 859. The molecule has 1 aliphatic heterocycles. The number of amides is 1. The van der Waals surface area contributed by atoms with E-state index in [-0.39, 0.29) is 18.1 Å². The molecule has 0 radical (unpaired) electrons. The average molecular weight is 355 g/mol. The monoisotopic (exact) mass is 355 g/mol. The highest BCUT2D eigenvalue weighted by molar-refractivity contribution is 5.98. The number of hydrogen-bond donors (Lipinski definition) is 1.